The third-order valence-electron chi connectivity index (χ3n) is 6.26. The molecule has 4 saturated carbocycles. The van der Waals surface area contributed by atoms with Gasteiger partial charge in [0.25, 0.3) is 0 Å². The molecule has 18 heavy (non-hydrogen) atoms. The first-order chi connectivity index (χ1) is 8.25. The van der Waals surface area contributed by atoms with E-state index in [1.807, 2.05) is 0 Å². The van der Waals surface area contributed by atoms with Crippen LogP contribution in [-0.4, -0.2) is 24.3 Å². The Kier molecular flexibility index (Phi) is 1.83. The van der Waals surface area contributed by atoms with Gasteiger partial charge < -0.3 is 0 Å². The molecule has 98 valence electrons. The number of halogens is 6. The number of hydrogen-bond donors (Lipinski definition) is 0. The summed E-state index contributed by atoms with van der Waals surface area (Å²) in [7, 11) is 0. The Labute approximate surface area is 135 Å². The fourth-order valence-corrected chi connectivity index (χ4v) is 9.99. The molecule has 0 radical (unpaired) electrons. The van der Waals surface area contributed by atoms with Crippen molar-refractivity contribution in [3.8, 4) is 0 Å². The Bertz CT molecular complexity index is 517. The van der Waals surface area contributed by atoms with Gasteiger partial charge >= 0.3 is 0 Å². The average Bonchev–Trinajstić information content (AvgIpc) is 2.96. The van der Waals surface area contributed by atoms with Crippen molar-refractivity contribution in [3.05, 3.63) is 12.2 Å². The first-order valence-electron chi connectivity index (χ1n) is 6.02. The van der Waals surface area contributed by atoms with Gasteiger partial charge in [-0.1, -0.05) is 35.4 Å². The van der Waals surface area contributed by atoms with Crippen molar-refractivity contribution in [3.63, 3.8) is 0 Å². The molecule has 0 aromatic rings. The quantitative estimate of drug-likeness (QED) is 0.441. The molecule has 4 fully saturated rings. The number of alkyl halides is 6. The molecule has 6 heteroatoms. The predicted molar refractivity (Wildman–Crippen MR) is 76.4 cm³/mol. The highest BCUT2D eigenvalue weighted by Gasteiger charge is 3.00. The van der Waals surface area contributed by atoms with E-state index >= 15 is 0 Å². The van der Waals surface area contributed by atoms with Crippen LogP contribution in [0.15, 0.2) is 12.2 Å². The Balaban J connectivity index is 1.94. The van der Waals surface area contributed by atoms with E-state index in [0.29, 0.717) is 11.8 Å². The van der Waals surface area contributed by atoms with Crippen LogP contribution < -0.4 is 0 Å². The molecule has 0 aliphatic heterocycles. The maximum absolute atomic E-state index is 6.92. The molecule has 0 aromatic heterocycles. The summed E-state index contributed by atoms with van der Waals surface area (Å²) in [5, 5.41) is -0.492. The van der Waals surface area contributed by atoms with Crippen molar-refractivity contribution in [2.75, 3.05) is 0 Å². The molecule has 0 saturated heterocycles. The van der Waals surface area contributed by atoms with Gasteiger partial charge in [-0.25, -0.2) is 0 Å². The van der Waals surface area contributed by atoms with Gasteiger partial charge in [0.15, 0.2) is 4.33 Å². The Hall–Kier alpha value is 1.48. The first-order valence-corrected chi connectivity index (χ1v) is 8.35. The van der Waals surface area contributed by atoms with E-state index in [1.54, 1.807) is 0 Å². The molecule has 0 aromatic carbocycles. The van der Waals surface area contributed by atoms with Gasteiger partial charge in [-0.05, 0) is 29.6 Å². The molecule has 0 spiro atoms. The summed E-state index contributed by atoms with van der Waals surface area (Å²) in [5.74, 6) is 1.20. The van der Waals surface area contributed by atoms with Crippen LogP contribution in [0.3, 0.4) is 0 Å². The highest BCUT2D eigenvalue weighted by atomic mass is 35.5. The molecule has 0 nitrogen and oxygen atoms in total. The lowest BCUT2D eigenvalue weighted by molar-refractivity contribution is 0.146. The minimum Gasteiger partial charge on any atom is -0.119 e. The van der Waals surface area contributed by atoms with Crippen molar-refractivity contribution in [2.24, 2.45) is 29.6 Å². The van der Waals surface area contributed by atoms with E-state index in [2.05, 4.69) is 12.2 Å². The second kappa shape index (κ2) is 2.73. The second-order valence-electron chi connectivity index (χ2n) is 6.30. The molecule has 0 heterocycles. The van der Waals surface area contributed by atoms with Gasteiger partial charge in [0.2, 0.25) is 0 Å². The zero-order chi connectivity index (χ0) is 12.9. The summed E-state index contributed by atoms with van der Waals surface area (Å²) in [6.07, 6.45) is 4.42. The summed E-state index contributed by atoms with van der Waals surface area (Å²) >= 11 is 40.5. The zero-order valence-corrected chi connectivity index (χ0v) is 13.4. The SMILES string of the molecule is Cl[C@@H]1[C@@]2(Cl)[C@H]3[C@@H]4C=C[C@H]5[C@@H]4[C@]1(Cl)[C@](Cl)([C@H]53)C2(Cl)Cl. The van der Waals surface area contributed by atoms with Gasteiger partial charge in [-0.2, -0.15) is 0 Å². The molecule has 0 N–H and O–H groups in total. The highest BCUT2D eigenvalue weighted by molar-refractivity contribution is 6.63. The van der Waals surface area contributed by atoms with Gasteiger partial charge in [-0.15, -0.1) is 46.4 Å². The number of hydrogen-bond acceptors (Lipinski definition) is 0. The molecule has 0 unspecified atom stereocenters. The van der Waals surface area contributed by atoms with Gasteiger partial charge in [0, 0.05) is 0 Å². The molecule has 9 atom stereocenters. The summed E-state index contributed by atoms with van der Waals surface area (Å²) < 4.78 is -1.28. The third-order valence-corrected chi connectivity index (χ3v) is 11.3. The zero-order valence-electron chi connectivity index (χ0n) is 8.89. The van der Waals surface area contributed by atoms with Gasteiger partial charge in [-0.3, -0.25) is 0 Å². The lowest BCUT2D eigenvalue weighted by atomic mass is 9.63. The van der Waals surface area contributed by atoms with Crippen LogP contribution in [0.25, 0.3) is 0 Å². The smallest absolute Gasteiger partial charge is 0.119 e. The van der Waals surface area contributed by atoms with Gasteiger partial charge in [0.05, 0.1) is 10.3 Å². The topological polar surface area (TPSA) is 0 Å². The van der Waals surface area contributed by atoms with E-state index in [1.165, 1.54) is 0 Å². The fourth-order valence-electron chi connectivity index (χ4n) is 5.96. The highest BCUT2D eigenvalue weighted by Crippen LogP contribution is 2.92. The Morgan fingerprint density at radius 1 is 0.722 bits per heavy atom. The minimum atomic E-state index is -1.28. The lowest BCUT2D eigenvalue weighted by Crippen LogP contribution is -2.63. The molecular formula is C12H8Cl6. The van der Waals surface area contributed by atoms with Crippen molar-refractivity contribution in [1.82, 2.24) is 0 Å². The first kappa shape index (κ1) is 12.1. The largest absolute Gasteiger partial charge is 0.160 e. The van der Waals surface area contributed by atoms with Crippen LogP contribution in [0.1, 0.15) is 0 Å². The number of fused-ring (bicyclic) bond motifs is 3. The molecule has 5 aliphatic carbocycles. The molecule has 5 rings (SSSR count). The van der Waals surface area contributed by atoms with Crippen LogP contribution in [0.4, 0.5) is 0 Å². The summed E-state index contributed by atoms with van der Waals surface area (Å²) in [5.41, 5.74) is 0. The van der Waals surface area contributed by atoms with E-state index < -0.39 is 24.3 Å². The van der Waals surface area contributed by atoms with Crippen molar-refractivity contribution in [2.45, 2.75) is 24.3 Å². The normalized spacial score (nSPS) is 76.1. The summed E-state index contributed by atoms with van der Waals surface area (Å²) in [6.45, 7) is 0. The van der Waals surface area contributed by atoms with Crippen molar-refractivity contribution < 1.29 is 0 Å². The van der Waals surface area contributed by atoms with Crippen LogP contribution in [0.2, 0.25) is 0 Å². The fraction of sp³-hybridized carbons (Fsp3) is 0.833. The standard InChI is InChI=1S/C12H8Cl6/c13-8-9(14)5-3-1-2-4(5)7-6(3)10(8,15)12(17,18)11(7,9)16/h1-8H/t3-,4+,5-,6+,7-,8+,9-,10+,11-/m1/s1. The molecular weight excluding hydrogens is 357 g/mol. The van der Waals surface area contributed by atoms with E-state index in [-0.39, 0.29) is 17.8 Å². The van der Waals surface area contributed by atoms with E-state index in [4.69, 9.17) is 69.6 Å². The van der Waals surface area contributed by atoms with Crippen LogP contribution in [0, 0.1) is 29.6 Å². The van der Waals surface area contributed by atoms with E-state index in [0.717, 1.165) is 0 Å². The lowest BCUT2D eigenvalue weighted by Gasteiger charge is -2.53. The maximum atomic E-state index is 6.92. The summed E-state index contributed by atoms with van der Waals surface area (Å²) in [4.78, 5) is -2.65. The van der Waals surface area contributed by atoms with Crippen molar-refractivity contribution >= 4 is 69.6 Å². The third kappa shape index (κ3) is 0.681. The van der Waals surface area contributed by atoms with Crippen LogP contribution in [-0.2, 0) is 0 Å². The van der Waals surface area contributed by atoms with Crippen LogP contribution >= 0.6 is 69.6 Å². The van der Waals surface area contributed by atoms with E-state index in [9.17, 15) is 0 Å². The Morgan fingerprint density at radius 3 is 1.89 bits per heavy atom. The number of allylic oxidation sites excluding steroid dienone is 2. The molecule has 6 bridgehead atoms. The van der Waals surface area contributed by atoms with Crippen molar-refractivity contribution in [1.29, 1.82) is 0 Å². The average molecular weight is 365 g/mol. The maximum Gasteiger partial charge on any atom is 0.160 e. The Morgan fingerprint density at radius 2 is 1.28 bits per heavy atom. The second-order valence-corrected chi connectivity index (χ2v) is 9.91. The molecule has 5 aliphatic rings. The monoisotopic (exact) mass is 362 g/mol. The predicted octanol–water partition coefficient (Wildman–Crippen LogP) is 4.41. The number of rotatable bonds is 0. The van der Waals surface area contributed by atoms with Crippen LogP contribution in [0.5, 0.6) is 0 Å². The summed E-state index contributed by atoms with van der Waals surface area (Å²) in [6, 6.07) is 0. The minimum absolute atomic E-state index is 0.148. The van der Waals surface area contributed by atoms with Gasteiger partial charge in [0.1, 0.15) is 9.75 Å². The molecule has 0 amide bonds.